The first kappa shape index (κ1) is 9.64. The molecule has 2 aromatic heterocycles. The molecule has 0 aliphatic carbocycles. The summed E-state index contributed by atoms with van der Waals surface area (Å²) in [7, 11) is 1.87. The van der Waals surface area contributed by atoms with Gasteiger partial charge in [0.25, 0.3) is 0 Å². The Morgan fingerprint density at radius 1 is 1.47 bits per heavy atom. The van der Waals surface area contributed by atoms with Crippen LogP contribution in [0.5, 0.6) is 0 Å². The van der Waals surface area contributed by atoms with Gasteiger partial charge in [0.1, 0.15) is 0 Å². The standard InChI is InChI=1S/C10H13N5/c1-3-8-4-5-11-10(13-8)14-9-6-12-15(2)7-9/h4-7H,3H2,1-2H3,(H,11,13,14). The summed E-state index contributed by atoms with van der Waals surface area (Å²) in [6, 6.07) is 1.91. The Morgan fingerprint density at radius 3 is 3.00 bits per heavy atom. The van der Waals surface area contributed by atoms with Crippen molar-refractivity contribution in [3.05, 3.63) is 30.4 Å². The van der Waals surface area contributed by atoms with Gasteiger partial charge in [-0.1, -0.05) is 6.92 Å². The summed E-state index contributed by atoms with van der Waals surface area (Å²) in [5, 5.41) is 7.15. The van der Waals surface area contributed by atoms with E-state index in [2.05, 4.69) is 27.3 Å². The summed E-state index contributed by atoms with van der Waals surface area (Å²) in [6.45, 7) is 2.07. The maximum Gasteiger partial charge on any atom is 0.227 e. The van der Waals surface area contributed by atoms with Crippen LogP contribution in [0.3, 0.4) is 0 Å². The predicted octanol–water partition coefficient (Wildman–Crippen LogP) is 1.52. The second-order valence-electron chi connectivity index (χ2n) is 3.25. The fourth-order valence-electron chi connectivity index (χ4n) is 1.27. The maximum atomic E-state index is 4.34. The van der Waals surface area contributed by atoms with Gasteiger partial charge in [0.15, 0.2) is 0 Å². The Morgan fingerprint density at radius 2 is 2.33 bits per heavy atom. The molecule has 0 aliphatic heterocycles. The molecule has 0 spiro atoms. The van der Waals surface area contributed by atoms with Gasteiger partial charge in [0, 0.05) is 25.1 Å². The quantitative estimate of drug-likeness (QED) is 0.821. The highest BCUT2D eigenvalue weighted by atomic mass is 15.3. The van der Waals surface area contributed by atoms with E-state index in [9.17, 15) is 0 Å². The molecule has 0 amide bonds. The number of anilines is 2. The molecule has 0 saturated heterocycles. The molecule has 0 unspecified atom stereocenters. The molecular weight excluding hydrogens is 190 g/mol. The average molecular weight is 203 g/mol. The molecule has 78 valence electrons. The van der Waals surface area contributed by atoms with E-state index >= 15 is 0 Å². The third-order valence-electron chi connectivity index (χ3n) is 2.04. The zero-order valence-electron chi connectivity index (χ0n) is 8.81. The predicted molar refractivity (Wildman–Crippen MR) is 57.9 cm³/mol. The molecule has 0 bridgehead atoms. The van der Waals surface area contributed by atoms with Gasteiger partial charge in [-0.15, -0.1) is 0 Å². The summed E-state index contributed by atoms with van der Waals surface area (Å²) < 4.78 is 1.73. The van der Waals surface area contributed by atoms with Crippen molar-refractivity contribution < 1.29 is 0 Å². The lowest BCUT2D eigenvalue weighted by Gasteiger charge is -2.02. The molecule has 1 N–H and O–H groups in total. The molecule has 0 radical (unpaired) electrons. The smallest absolute Gasteiger partial charge is 0.227 e. The third kappa shape index (κ3) is 2.31. The van der Waals surface area contributed by atoms with E-state index in [0.29, 0.717) is 5.95 Å². The second kappa shape index (κ2) is 4.08. The fraction of sp³-hybridized carbons (Fsp3) is 0.300. The van der Waals surface area contributed by atoms with Crippen LogP contribution in [0.25, 0.3) is 0 Å². The molecule has 5 nitrogen and oxygen atoms in total. The molecule has 0 aliphatic rings. The molecule has 0 fully saturated rings. The van der Waals surface area contributed by atoms with Gasteiger partial charge in [-0.05, 0) is 12.5 Å². The van der Waals surface area contributed by atoms with Gasteiger partial charge in [-0.25, -0.2) is 9.97 Å². The van der Waals surface area contributed by atoms with Crippen LogP contribution in [-0.4, -0.2) is 19.7 Å². The minimum absolute atomic E-state index is 0.613. The number of aryl methyl sites for hydroxylation is 2. The van der Waals surface area contributed by atoms with Crippen LogP contribution in [0.1, 0.15) is 12.6 Å². The van der Waals surface area contributed by atoms with Gasteiger partial charge in [0.2, 0.25) is 5.95 Å². The molecular formula is C10H13N5. The lowest BCUT2D eigenvalue weighted by molar-refractivity contribution is 0.768. The van der Waals surface area contributed by atoms with E-state index in [0.717, 1.165) is 17.8 Å². The molecule has 0 atom stereocenters. The van der Waals surface area contributed by atoms with Crippen molar-refractivity contribution in [1.82, 2.24) is 19.7 Å². The average Bonchev–Trinajstić information content (AvgIpc) is 2.64. The minimum Gasteiger partial charge on any atom is -0.321 e. The van der Waals surface area contributed by atoms with E-state index in [-0.39, 0.29) is 0 Å². The van der Waals surface area contributed by atoms with Crippen LogP contribution in [0.15, 0.2) is 24.7 Å². The van der Waals surface area contributed by atoms with Crippen LogP contribution in [0.4, 0.5) is 11.6 Å². The van der Waals surface area contributed by atoms with E-state index in [1.165, 1.54) is 0 Å². The van der Waals surface area contributed by atoms with E-state index in [1.54, 1.807) is 17.1 Å². The van der Waals surface area contributed by atoms with Crippen LogP contribution in [-0.2, 0) is 13.5 Å². The van der Waals surface area contributed by atoms with Crippen molar-refractivity contribution in [2.75, 3.05) is 5.32 Å². The number of aromatic nitrogens is 4. The highest BCUT2D eigenvalue weighted by Crippen LogP contribution is 2.10. The van der Waals surface area contributed by atoms with Crippen molar-refractivity contribution in [3.8, 4) is 0 Å². The first-order valence-electron chi connectivity index (χ1n) is 4.85. The zero-order valence-corrected chi connectivity index (χ0v) is 8.81. The van der Waals surface area contributed by atoms with Crippen molar-refractivity contribution in [2.24, 2.45) is 7.05 Å². The SMILES string of the molecule is CCc1ccnc(Nc2cnn(C)c2)n1. The van der Waals surface area contributed by atoms with Gasteiger partial charge >= 0.3 is 0 Å². The van der Waals surface area contributed by atoms with Crippen LogP contribution < -0.4 is 5.32 Å². The van der Waals surface area contributed by atoms with Gasteiger partial charge in [0.05, 0.1) is 11.9 Å². The summed E-state index contributed by atoms with van der Waals surface area (Å²) in [5.41, 5.74) is 1.92. The van der Waals surface area contributed by atoms with Crippen molar-refractivity contribution in [1.29, 1.82) is 0 Å². The van der Waals surface area contributed by atoms with Crippen LogP contribution in [0, 0.1) is 0 Å². The first-order valence-corrected chi connectivity index (χ1v) is 4.85. The summed E-state index contributed by atoms with van der Waals surface area (Å²) in [5.74, 6) is 0.613. The number of hydrogen-bond donors (Lipinski definition) is 1. The van der Waals surface area contributed by atoms with Crippen LogP contribution >= 0.6 is 0 Å². The summed E-state index contributed by atoms with van der Waals surface area (Å²) in [4.78, 5) is 8.47. The Labute approximate surface area is 88.2 Å². The van der Waals surface area contributed by atoms with E-state index < -0.39 is 0 Å². The molecule has 0 saturated carbocycles. The van der Waals surface area contributed by atoms with Crippen LogP contribution in [0.2, 0.25) is 0 Å². The molecule has 15 heavy (non-hydrogen) atoms. The molecule has 2 aromatic rings. The highest BCUT2D eigenvalue weighted by Gasteiger charge is 2.00. The zero-order chi connectivity index (χ0) is 10.7. The lowest BCUT2D eigenvalue weighted by Crippen LogP contribution is -1.98. The third-order valence-corrected chi connectivity index (χ3v) is 2.04. The minimum atomic E-state index is 0.613. The Kier molecular flexibility index (Phi) is 2.62. The van der Waals surface area contributed by atoms with Crippen molar-refractivity contribution in [3.63, 3.8) is 0 Å². The normalized spacial score (nSPS) is 10.3. The fourth-order valence-corrected chi connectivity index (χ4v) is 1.27. The highest BCUT2D eigenvalue weighted by molar-refractivity contribution is 5.50. The second-order valence-corrected chi connectivity index (χ2v) is 3.25. The molecule has 0 aromatic carbocycles. The Balaban J connectivity index is 2.16. The number of rotatable bonds is 3. The largest absolute Gasteiger partial charge is 0.321 e. The first-order chi connectivity index (χ1) is 7.28. The monoisotopic (exact) mass is 203 g/mol. The van der Waals surface area contributed by atoms with Crippen molar-refractivity contribution in [2.45, 2.75) is 13.3 Å². The number of nitrogens with zero attached hydrogens (tertiary/aromatic N) is 4. The molecule has 2 heterocycles. The van der Waals surface area contributed by atoms with Gasteiger partial charge in [-0.3, -0.25) is 4.68 Å². The summed E-state index contributed by atoms with van der Waals surface area (Å²) in [6.07, 6.45) is 6.28. The number of nitrogens with one attached hydrogen (secondary N) is 1. The van der Waals surface area contributed by atoms with Gasteiger partial charge < -0.3 is 5.32 Å². The van der Waals surface area contributed by atoms with Crippen molar-refractivity contribution >= 4 is 11.6 Å². The van der Waals surface area contributed by atoms with Gasteiger partial charge in [-0.2, -0.15) is 5.10 Å². The lowest BCUT2D eigenvalue weighted by atomic mass is 10.3. The Hall–Kier alpha value is -1.91. The summed E-state index contributed by atoms with van der Waals surface area (Å²) >= 11 is 0. The number of hydrogen-bond acceptors (Lipinski definition) is 4. The maximum absolute atomic E-state index is 4.34. The Bertz CT molecular complexity index is 449. The van der Waals surface area contributed by atoms with E-state index in [1.807, 2.05) is 19.3 Å². The topological polar surface area (TPSA) is 55.6 Å². The molecule has 2 rings (SSSR count). The van der Waals surface area contributed by atoms with E-state index in [4.69, 9.17) is 0 Å². The molecule has 5 heteroatoms.